The highest BCUT2D eigenvalue weighted by molar-refractivity contribution is 6.04. The highest BCUT2D eigenvalue weighted by Crippen LogP contribution is 2.27. The van der Waals surface area contributed by atoms with E-state index in [4.69, 9.17) is 14.2 Å². The van der Waals surface area contributed by atoms with Crippen LogP contribution in [-0.2, 0) is 11.2 Å². The number of carbonyl (C=O) groups excluding carboxylic acids is 1. The molecule has 0 spiro atoms. The summed E-state index contributed by atoms with van der Waals surface area (Å²) in [6.07, 6.45) is 1.39. The van der Waals surface area contributed by atoms with Crippen molar-refractivity contribution in [2.45, 2.75) is 19.8 Å². The lowest BCUT2D eigenvalue weighted by atomic mass is 10.1. The Morgan fingerprint density at radius 2 is 1.89 bits per heavy atom. The zero-order valence-electron chi connectivity index (χ0n) is 16.3. The van der Waals surface area contributed by atoms with Crippen LogP contribution in [0.2, 0.25) is 0 Å². The van der Waals surface area contributed by atoms with Gasteiger partial charge in [0.1, 0.15) is 5.82 Å². The van der Waals surface area contributed by atoms with Crippen LogP contribution < -0.4 is 14.8 Å². The van der Waals surface area contributed by atoms with Crippen molar-refractivity contribution < 1.29 is 23.4 Å². The number of aliphatic imine (C=N–C) groups is 1. The number of ether oxygens (including phenoxy) is 3. The zero-order valence-corrected chi connectivity index (χ0v) is 16.3. The number of benzene rings is 2. The van der Waals surface area contributed by atoms with E-state index in [9.17, 15) is 9.18 Å². The summed E-state index contributed by atoms with van der Waals surface area (Å²) in [7, 11) is 3.17. The number of nitrogens with one attached hydrogen (secondary N) is 1. The second-order valence-electron chi connectivity index (χ2n) is 5.94. The molecule has 0 aromatic heterocycles. The maximum atomic E-state index is 13.3. The van der Waals surface area contributed by atoms with Gasteiger partial charge < -0.3 is 14.2 Å². The highest BCUT2D eigenvalue weighted by Gasteiger charge is 2.11. The number of rotatable bonds is 8. The molecule has 0 aliphatic carbocycles. The molecule has 1 N–H and O–H groups in total. The first-order chi connectivity index (χ1) is 13.6. The fourth-order valence-corrected chi connectivity index (χ4v) is 2.44. The van der Waals surface area contributed by atoms with Crippen LogP contribution in [0.1, 0.15) is 29.3 Å². The molecule has 6 nitrogen and oxygen atoms in total. The second kappa shape index (κ2) is 10.9. The van der Waals surface area contributed by atoms with E-state index >= 15 is 0 Å². The van der Waals surface area contributed by atoms with Gasteiger partial charge in [0, 0.05) is 12.1 Å². The molecule has 0 unspecified atom stereocenters. The van der Waals surface area contributed by atoms with Gasteiger partial charge in [-0.15, -0.1) is 0 Å². The number of hydrogen-bond acceptors (Lipinski definition) is 5. The van der Waals surface area contributed by atoms with Gasteiger partial charge >= 0.3 is 0 Å². The Hall–Kier alpha value is -3.09. The summed E-state index contributed by atoms with van der Waals surface area (Å²) < 4.78 is 29.3. The number of hydrogen-bond donors (Lipinski definition) is 1. The number of nitrogens with zero attached hydrogens (tertiary/aromatic N) is 1. The van der Waals surface area contributed by atoms with Crippen molar-refractivity contribution in [3.63, 3.8) is 0 Å². The van der Waals surface area contributed by atoms with Crippen LogP contribution in [0.3, 0.4) is 0 Å². The molecular weight excluding hydrogens is 363 g/mol. The topological polar surface area (TPSA) is 69.2 Å². The summed E-state index contributed by atoms with van der Waals surface area (Å²) in [5.74, 6) is 0.351. The molecule has 0 aliphatic rings. The van der Waals surface area contributed by atoms with Crippen molar-refractivity contribution >= 4 is 11.9 Å². The van der Waals surface area contributed by atoms with Crippen molar-refractivity contribution in [1.82, 2.24) is 5.32 Å². The predicted molar refractivity (Wildman–Crippen MR) is 106 cm³/mol. The number of methoxy groups -OCH3 is 2. The Labute approximate surface area is 164 Å². The molecule has 1 amide bonds. The summed E-state index contributed by atoms with van der Waals surface area (Å²) >= 11 is 0. The molecule has 0 aliphatic heterocycles. The molecule has 28 heavy (non-hydrogen) atoms. The van der Waals surface area contributed by atoms with E-state index in [2.05, 4.69) is 10.3 Å². The molecule has 7 heteroatoms. The summed E-state index contributed by atoms with van der Waals surface area (Å²) in [6.45, 7) is 2.77. The fraction of sp³-hybridized carbons (Fsp3) is 0.333. The monoisotopic (exact) mass is 388 g/mol. The van der Waals surface area contributed by atoms with Gasteiger partial charge in [-0.1, -0.05) is 19.1 Å². The van der Waals surface area contributed by atoms with Crippen molar-refractivity contribution in [1.29, 1.82) is 0 Å². The van der Waals surface area contributed by atoms with Gasteiger partial charge in [-0.05, 0) is 48.7 Å². The minimum absolute atomic E-state index is 0.122. The molecular formula is C21H25FN2O4. The van der Waals surface area contributed by atoms with Gasteiger partial charge in [0.2, 0.25) is 0 Å². The van der Waals surface area contributed by atoms with E-state index in [1.165, 1.54) is 18.2 Å². The summed E-state index contributed by atoms with van der Waals surface area (Å²) in [4.78, 5) is 16.6. The Morgan fingerprint density at radius 1 is 1.11 bits per heavy atom. The van der Waals surface area contributed by atoms with Crippen LogP contribution in [0.5, 0.6) is 11.5 Å². The number of halogens is 1. The van der Waals surface area contributed by atoms with Crippen molar-refractivity contribution in [3.8, 4) is 11.5 Å². The van der Waals surface area contributed by atoms with Crippen molar-refractivity contribution in [2.24, 2.45) is 4.99 Å². The maximum Gasteiger partial charge on any atom is 0.291 e. The predicted octanol–water partition coefficient (Wildman–Crippen LogP) is 3.60. The Balaban J connectivity index is 2.03. The summed E-state index contributed by atoms with van der Waals surface area (Å²) in [6, 6.07) is 11.2. The molecule has 2 aromatic carbocycles. The molecule has 0 saturated heterocycles. The van der Waals surface area contributed by atoms with Gasteiger partial charge in [-0.3, -0.25) is 10.1 Å². The molecule has 2 aromatic rings. The molecule has 0 bridgehead atoms. The van der Waals surface area contributed by atoms with E-state index in [0.717, 1.165) is 18.1 Å². The minimum atomic E-state index is -0.478. The van der Waals surface area contributed by atoms with Crippen LogP contribution in [-0.4, -0.2) is 39.3 Å². The van der Waals surface area contributed by atoms with Gasteiger partial charge in [0.05, 0.1) is 20.8 Å². The molecule has 0 fully saturated rings. The van der Waals surface area contributed by atoms with Gasteiger partial charge in [0.15, 0.2) is 11.5 Å². The first-order valence-corrected chi connectivity index (χ1v) is 9.02. The minimum Gasteiger partial charge on any atom is -0.493 e. The van der Waals surface area contributed by atoms with E-state index < -0.39 is 11.7 Å². The fourth-order valence-electron chi connectivity index (χ4n) is 2.44. The summed E-state index contributed by atoms with van der Waals surface area (Å²) in [5.41, 5.74) is 1.21. The third-order valence-electron chi connectivity index (χ3n) is 3.85. The highest BCUT2D eigenvalue weighted by atomic mass is 19.1. The lowest BCUT2D eigenvalue weighted by Gasteiger charge is -2.11. The quantitative estimate of drug-likeness (QED) is 0.554. The van der Waals surface area contributed by atoms with Crippen molar-refractivity contribution in [3.05, 3.63) is 59.4 Å². The molecule has 0 radical (unpaired) electrons. The lowest BCUT2D eigenvalue weighted by Crippen LogP contribution is -2.33. The average Bonchev–Trinajstić information content (AvgIpc) is 2.71. The van der Waals surface area contributed by atoms with E-state index in [-0.39, 0.29) is 11.6 Å². The van der Waals surface area contributed by atoms with E-state index in [1.807, 2.05) is 25.1 Å². The SMILES string of the molecule is CCCOC(=NCCc1ccc(OC)c(OC)c1)NC(=O)c1cccc(F)c1. The molecule has 2 rings (SSSR count). The largest absolute Gasteiger partial charge is 0.493 e. The van der Waals surface area contributed by atoms with E-state index in [1.54, 1.807) is 14.2 Å². The van der Waals surface area contributed by atoms with Gasteiger partial charge in [-0.2, -0.15) is 0 Å². The zero-order chi connectivity index (χ0) is 20.4. The number of amidine groups is 1. The first kappa shape index (κ1) is 21.2. The first-order valence-electron chi connectivity index (χ1n) is 9.02. The second-order valence-corrected chi connectivity index (χ2v) is 5.94. The summed E-state index contributed by atoms with van der Waals surface area (Å²) in [5, 5.41) is 2.60. The molecule has 0 atom stereocenters. The molecule has 150 valence electrons. The van der Waals surface area contributed by atoms with E-state index in [0.29, 0.717) is 31.1 Å². The smallest absolute Gasteiger partial charge is 0.291 e. The van der Waals surface area contributed by atoms with Crippen LogP contribution >= 0.6 is 0 Å². The molecule has 0 heterocycles. The van der Waals surface area contributed by atoms with Crippen LogP contribution in [0.15, 0.2) is 47.5 Å². The number of carbonyl (C=O) groups is 1. The Morgan fingerprint density at radius 3 is 2.57 bits per heavy atom. The molecule has 0 saturated carbocycles. The third kappa shape index (κ3) is 6.26. The maximum absolute atomic E-state index is 13.3. The van der Waals surface area contributed by atoms with Crippen LogP contribution in [0, 0.1) is 5.82 Å². The average molecular weight is 388 g/mol. The van der Waals surface area contributed by atoms with Gasteiger partial charge in [-0.25, -0.2) is 9.38 Å². The van der Waals surface area contributed by atoms with Gasteiger partial charge in [0.25, 0.3) is 11.9 Å². The standard InChI is InChI=1S/C21H25FN2O4/c1-4-12-28-21(24-20(25)16-6-5-7-17(22)14-16)23-11-10-15-8-9-18(26-2)19(13-15)27-3/h5-9,13-14H,4,10-12H2,1-3H3,(H,23,24,25). The van der Waals surface area contributed by atoms with Crippen LogP contribution in [0.25, 0.3) is 0 Å². The third-order valence-corrected chi connectivity index (χ3v) is 3.85. The lowest BCUT2D eigenvalue weighted by molar-refractivity contribution is 0.0965. The van der Waals surface area contributed by atoms with Crippen LogP contribution in [0.4, 0.5) is 4.39 Å². The van der Waals surface area contributed by atoms with Crippen molar-refractivity contribution in [2.75, 3.05) is 27.4 Å². The normalized spacial score (nSPS) is 11.1. The number of amides is 1. The Kier molecular flexibility index (Phi) is 8.27. The Bertz CT molecular complexity index is 824.